The number of aromatic nitrogens is 1. The highest BCUT2D eigenvalue weighted by Crippen LogP contribution is 2.40. The van der Waals surface area contributed by atoms with E-state index in [4.69, 9.17) is 0 Å². The van der Waals surface area contributed by atoms with Gasteiger partial charge >= 0.3 is 0 Å². The highest BCUT2D eigenvalue weighted by molar-refractivity contribution is 5.40. The number of aliphatic hydroxyl groups is 1. The molecule has 1 N–H and O–H groups in total. The first-order valence-corrected chi connectivity index (χ1v) is 6.84. The predicted molar refractivity (Wildman–Crippen MR) is 76.2 cm³/mol. The lowest BCUT2D eigenvalue weighted by atomic mass is 9.74. The number of hydrogen-bond donors (Lipinski definition) is 1. The Hall–Kier alpha value is -1.67. The molecule has 0 bridgehead atoms. The Bertz CT molecular complexity index is 586. The lowest BCUT2D eigenvalue weighted by Gasteiger charge is -2.31. The number of nitrogens with zero attached hydrogens (tertiary/aromatic N) is 1. The van der Waals surface area contributed by atoms with E-state index in [9.17, 15) is 5.11 Å². The predicted octanol–water partition coefficient (Wildman–Crippen LogP) is 3.46. The van der Waals surface area contributed by atoms with Crippen LogP contribution in [0.2, 0.25) is 0 Å². The maximum absolute atomic E-state index is 10.4. The molecule has 0 aliphatic heterocycles. The van der Waals surface area contributed by atoms with Crippen LogP contribution in [0.3, 0.4) is 0 Å². The molecule has 0 fully saturated rings. The minimum absolute atomic E-state index is 0.390. The van der Waals surface area contributed by atoms with E-state index >= 15 is 0 Å². The molecular formula is C17H19NO. The van der Waals surface area contributed by atoms with Gasteiger partial charge in [-0.25, -0.2) is 0 Å². The van der Waals surface area contributed by atoms with E-state index in [0.717, 1.165) is 29.8 Å². The molecule has 1 aliphatic carbocycles. The molecular weight excluding hydrogens is 234 g/mol. The lowest BCUT2D eigenvalue weighted by molar-refractivity contribution is 0.153. The molecule has 1 aromatic heterocycles. The summed E-state index contributed by atoms with van der Waals surface area (Å²) >= 11 is 0. The second kappa shape index (κ2) is 4.78. The highest BCUT2D eigenvalue weighted by Gasteiger charge is 2.27. The molecule has 3 rings (SSSR count). The third-order valence-electron chi connectivity index (χ3n) is 3.96. The van der Waals surface area contributed by atoms with E-state index in [1.807, 2.05) is 26.0 Å². The Kier molecular flexibility index (Phi) is 3.11. The zero-order valence-electron chi connectivity index (χ0n) is 11.4. The van der Waals surface area contributed by atoms with Crippen molar-refractivity contribution < 1.29 is 5.11 Å². The van der Waals surface area contributed by atoms with E-state index < -0.39 is 6.10 Å². The molecule has 2 nitrogen and oxygen atoms in total. The van der Waals surface area contributed by atoms with E-state index in [1.165, 1.54) is 11.1 Å². The van der Waals surface area contributed by atoms with E-state index in [0.29, 0.717) is 5.92 Å². The van der Waals surface area contributed by atoms with Crippen LogP contribution < -0.4 is 0 Å². The summed E-state index contributed by atoms with van der Waals surface area (Å²) in [7, 11) is 0. The summed E-state index contributed by atoms with van der Waals surface area (Å²) in [6.07, 6.45) is 1.51. The summed E-state index contributed by atoms with van der Waals surface area (Å²) in [6, 6.07) is 12.5. The number of pyridine rings is 1. The van der Waals surface area contributed by atoms with E-state index in [2.05, 4.69) is 29.2 Å². The number of fused-ring (bicyclic) bond motifs is 1. The Labute approximate surface area is 114 Å². The van der Waals surface area contributed by atoms with Crippen molar-refractivity contribution in [2.45, 2.75) is 38.7 Å². The quantitative estimate of drug-likeness (QED) is 0.908. The number of rotatable bonds is 3. The van der Waals surface area contributed by atoms with Crippen molar-refractivity contribution in [3.63, 3.8) is 0 Å². The van der Waals surface area contributed by atoms with Crippen LogP contribution in [0.1, 0.15) is 46.5 Å². The first-order valence-electron chi connectivity index (χ1n) is 6.84. The van der Waals surface area contributed by atoms with Crippen LogP contribution in [-0.2, 0) is 6.42 Å². The molecule has 0 saturated heterocycles. The largest absolute Gasteiger partial charge is 0.388 e. The minimum atomic E-state index is -0.390. The van der Waals surface area contributed by atoms with Gasteiger partial charge in [0.05, 0.1) is 6.10 Å². The van der Waals surface area contributed by atoms with Gasteiger partial charge in [0.25, 0.3) is 0 Å². The van der Waals surface area contributed by atoms with Crippen molar-refractivity contribution in [1.29, 1.82) is 0 Å². The summed E-state index contributed by atoms with van der Waals surface area (Å²) in [5, 5.41) is 10.4. The van der Waals surface area contributed by atoms with Crippen LogP contribution in [0.15, 0.2) is 36.4 Å². The summed E-state index contributed by atoms with van der Waals surface area (Å²) in [6.45, 7) is 3.95. The van der Waals surface area contributed by atoms with Gasteiger partial charge in [-0.2, -0.15) is 0 Å². The third-order valence-corrected chi connectivity index (χ3v) is 3.96. The number of aryl methyl sites for hydroxylation is 2. The van der Waals surface area contributed by atoms with Crippen molar-refractivity contribution in [3.8, 4) is 0 Å². The second-order valence-electron chi connectivity index (χ2n) is 5.53. The van der Waals surface area contributed by atoms with Crippen LogP contribution in [0, 0.1) is 13.8 Å². The number of benzene rings is 1. The van der Waals surface area contributed by atoms with Crippen LogP contribution in [0.5, 0.6) is 0 Å². The summed E-state index contributed by atoms with van der Waals surface area (Å²) in [4.78, 5) is 4.35. The number of hydrogen-bond acceptors (Lipinski definition) is 2. The fourth-order valence-electron chi connectivity index (χ4n) is 3.04. The summed E-state index contributed by atoms with van der Waals surface area (Å²) < 4.78 is 0. The standard InChI is InChI=1S/C17H19NO/c1-11-7-15(8-12(2)18-11)17(19)10-14-9-13-5-3-4-6-16(13)14/h3-8,14,17,19H,9-10H2,1-2H3. The molecule has 1 aromatic carbocycles. The van der Waals surface area contributed by atoms with Gasteiger partial charge < -0.3 is 5.11 Å². The molecule has 1 aliphatic rings. The lowest BCUT2D eigenvalue weighted by Crippen LogP contribution is -2.19. The normalized spacial score (nSPS) is 18.6. The van der Waals surface area contributed by atoms with Crippen molar-refractivity contribution in [2.75, 3.05) is 0 Å². The van der Waals surface area contributed by atoms with Crippen LogP contribution in [0.4, 0.5) is 0 Å². The molecule has 2 aromatic rings. The van der Waals surface area contributed by atoms with Crippen molar-refractivity contribution in [3.05, 3.63) is 64.5 Å². The monoisotopic (exact) mass is 253 g/mol. The topological polar surface area (TPSA) is 33.1 Å². The molecule has 0 radical (unpaired) electrons. The van der Waals surface area contributed by atoms with Crippen LogP contribution in [-0.4, -0.2) is 10.1 Å². The van der Waals surface area contributed by atoms with E-state index in [1.54, 1.807) is 0 Å². The smallest absolute Gasteiger partial charge is 0.0797 e. The molecule has 0 amide bonds. The maximum Gasteiger partial charge on any atom is 0.0797 e. The van der Waals surface area contributed by atoms with Crippen molar-refractivity contribution in [1.82, 2.24) is 4.98 Å². The summed E-state index contributed by atoms with van der Waals surface area (Å²) in [5.41, 5.74) is 5.78. The fraction of sp³-hybridized carbons (Fsp3) is 0.353. The van der Waals surface area contributed by atoms with Gasteiger partial charge in [0.15, 0.2) is 0 Å². The van der Waals surface area contributed by atoms with Crippen LogP contribution >= 0.6 is 0 Å². The molecule has 2 atom stereocenters. The van der Waals surface area contributed by atoms with Crippen molar-refractivity contribution >= 4 is 0 Å². The van der Waals surface area contributed by atoms with Gasteiger partial charge in [-0.15, -0.1) is 0 Å². The first kappa shape index (κ1) is 12.4. The Morgan fingerprint density at radius 2 is 1.89 bits per heavy atom. The van der Waals surface area contributed by atoms with E-state index in [-0.39, 0.29) is 0 Å². The van der Waals surface area contributed by atoms with Gasteiger partial charge in [0.1, 0.15) is 0 Å². The highest BCUT2D eigenvalue weighted by atomic mass is 16.3. The zero-order chi connectivity index (χ0) is 13.4. The summed E-state index contributed by atoms with van der Waals surface area (Å²) in [5.74, 6) is 0.500. The molecule has 2 unspecified atom stereocenters. The minimum Gasteiger partial charge on any atom is -0.388 e. The molecule has 98 valence electrons. The molecule has 2 heteroatoms. The third kappa shape index (κ3) is 2.41. The zero-order valence-corrected chi connectivity index (χ0v) is 11.4. The maximum atomic E-state index is 10.4. The van der Waals surface area contributed by atoms with Gasteiger partial charge in [-0.1, -0.05) is 24.3 Å². The molecule has 1 heterocycles. The van der Waals surface area contributed by atoms with Crippen LogP contribution in [0.25, 0.3) is 0 Å². The van der Waals surface area contributed by atoms with Gasteiger partial charge in [0.2, 0.25) is 0 Å². The Balaban J connectivity index is 1.74. The van der Waals surface area contributed by atoms with Crippen molar-refractivity contribution in [2.24, 2.45) is 0 Å². The first-order chi connectivity index (χ1) is 9.13. The van der Waals surface area contributed by atoms with Gasteiger partial charge in [-0.05, 0) is 61.4 Å². The molecule has 0 saturated carbocycles. The van der Waals surface area contributed by atoms with Gasteiger partial charge in [-0.3, -0.25) is 4.98 Å². The molecule has 0 spiro atoms. The van der Waals surface area contributed by atoms with Gasteiger partial charge in [0, 0.05) is 11.4 Å². The Morgan fingerprint density at radius 3 is 2.58 bits per heavy atom. The Morgan fingerprint density at radius 1 is 1.21 bits per heavy atom. The molecule has 19 heavy (non-hydrogen) atoms. The number of aliphatic hydroxyl groups excluding tert-OH is 1. The fourth-order valence-corrected chi connectivity index (χ4v) is 3.04. The average Bonchev–Trinajstić information content (AvgIpc) is 2.34. The second-order valence-corrected chi connectivity index (χ2v) is 5.53. The SMILES string of the molecule is Cc1cc(C(O)CC2Cc3ccccc32)cc(C)n1. The average molecular weight is 253 g/mol.